The van der Waals surface area contributed by atoms with Crippen LogP contribution in [-0.4, -0.2) is 31.0 Å². The van der Waals surface area contributed by atoms with Crippen molar-refractivity contribution in [1.29, 1.82) is 0 Å². The summed E-state index contributed by atoms with van der Waals surface area (Å²) < 4.78 is 5.19. The van der Waals surface area contributed by atoms with E-state index in [2.05, 4.69) is 5.32 Å². The average molecular weight is 285 g/mol. The van der Waals surface area contributed by atoms with Gasteiger partial charge in [0.1, 0.15) is 0 Å². The lowest BCUT2D eigenvalue weighted by Crippen LogP contribution is -2.29. The Bertz CT molecular complexity index is 333. The zero-order valence-corrected chi connectivity index (χ0v) is 12.8. The van der Waals surface area contributed by atoms with Crippen LogP contribution in [0.4, 0.5) is 0 Å². The fraction of sp³-hybridized carbons (Fsp3) is 0.500. The van der Waals surface area contributed by atoms with Crippen molar-refractivity contribution in [1.82, 2.24) is 5.32 Å². The maximum Gasteiger partial charge on any atom is 0.223 e. The van der Waals surface area contributed by atoms with E-state index in [4.69, 9.17) is 9.63 Å². The maximum absolute atomic E-state index is 11.7. The first kappa shape index (κ1) is 18.0. The van der Waals surface area contributed by atoms with Gasteiger partial charge in [-0.1, -0.05) is 37.3 Å². The Balaban J connectivity index is 0.00000154. The number of amides is 1. The van der Waals surface area contributed by atoms with Crippen LogP contribution in [0.3, 0.4) is 0 Å². The molecule has 2 unspecified atom stereocenters. The monoisotopic (exact) mass is 285 g/mol. The molecule has 1 rings (SSSR count). The van der Waals surface area contributed by atoms with Gasteiger partial charge >= 0.3 is 0 Å². The SMILES string of the molecule is CCOPCNC(=O)C(C)Cc1ccccc1.CO. The van der Waals surface area contributed by atoms with Crippen LogP contribution in [0.2, 0.25) is 0 Å². The van der Waals surface area contributed by atoms with Crippen LogP contribution in [-0.2, 0) is 15.7 Å². The van der Waals surface area contributed by atoms with E-state index in [1.54, 1.807) is 0 Å². The van der Waals surface area contributed by atoms with Crippen LogP contribution in [0.25, 0.3) is 0 Å². The standard InChI is InChI=1S/C13H20NO2P.CH4O/c1-3-16-17-10-14-13(15)11(2)9-12-7-5-4-6-8-12;1-2/h4-8,11,17H,3,9-10H2,1-2H3,(H,14,15);2H,1H3. The maximum atomic E-state index is 11.7. The number of benzene rings is 1. The fourth-order valence-corrected chi connectivity index (χ4v) is 2.06. The van der Waals surface area contributed by atoms with Gasteiger partial charge in [0, 0.05) is 28.4 Å². The van der Waals surface area contributed by atoms with E-state index in [-0.39, 0.29) is 11.8 Å². The highest BCUT2D eigenvalue weighted by Gasteiger charge is 2.12. The molecule has 1 aromatic carbocycles. The van der Waals surface area contributed by atoms with E-state index in [9.17, 15) is 4.79 Å². The molecule has 0 aliphatic carbocycles. The molecule has 2 atom stereocenters. The van der Waals surface area contributed by atoms with Crippen LogP contribution < -0.4 is 5.32 Å². The predicted molar refractivity (Wildman–Crippen MR) is 80.4 cm³/mol. The van der Waals surface area contributed by atoms with Gasteiger partial charge < -0.3 is 14.9 Å². The van der Waals surface area contributed by atoms with Crippen molar-refractivity contribution < 1.29 is 14.4 Å². The molecule has 2 N–H and O–H groups in total. The third-order valence-electron chi connectivity index (χ3n) is 2.41. The second-order valence-corrected chi connectivity index (χ2v) is 4.82. The topological polar surface area (TPSA) is 58.6 Å². The summed E-state index contributed by atoms with van der Waals surface area (Å²) in [6, 6.07) is 10.1. The first-order valence-electron chi connectivity index (χ1n) is 6.35. The lowest BCUT2D eigenvalue weighted by molar-refractivity contribution is -0.124. The van der Waals surface area contributed by atoms with Gasteiger partial charge in [-0.3, -0.25) is 4.79 Å². The number of hydrogen-bond acceptors (Lipinski definition) is 3. The molecule has 108 valence electrons. The number of aliphatic hydroxyl groups excluding tert-OH is 1. The number of carbonyl (C=O) groups excluding carboxylic acids is 1. The third-order valence-corrected chi connectivity index (χ3v) is 3.23. The van der Waals surface area contributed by atoms with Crippen LogP contribution in [0.5, 0.6) is 0 Å². The predicted octanol–water partition coefficient (Wildman–Crippen LogP) is 2.18. The van der Waals surface area contributed by atoms with Gasteiger partial charge in [-0.25, -0.2) is 0 Å². The second-order valence-electron chi connectivity index (χ2n) is 3.89. The summed E-state index contributed by atoms with van der Waals surface area (Å²) >= 11 is 0. The third kappa shape index (κ3) is 8.71. The van der Waals surface area contributed by atoms with Crippen LogP contribution in [0, 0.1) is 5.92 Å². The molecule has 1 aromatic rings. The molecule has 0 aliphatic rings. The minimum atomic E-state index is 0.00354. The zero-order valence-electron chi connectivity index (χ0n) is 11.8. The van der Waals surface area contributed by atoms with Gasteiger partial charge in [0.15, 0.2) is 0 Å². The molecule has 0 aromatic heterocycles. The van der Waals surface area contributed by atoms with Gasteiger partial charge in [-0.05, 0) is 18.9 Å². The van der Waals surface area contributed by atoms with Gasteiger partial charge in [-0.15, -0.1) is 0 Å². The van der Waals surface area contributed by atoms with Crippen LogP contribution >= 0.6 is 8.81 Å². The highest BCUT2D eigenvalue weighted by molar-refractivity contribution is 7.32. The molecule has 0 aliphatic heterocycles. The average Bonchev–Trinajstić information content (AvgIpc) is 2.46. The molecule has 0 heterocycles. The Morgan fingerprint density at radius 2 is 2.00 bits per heavy atom. The number of aliphatic hydroxyl groups is 1. The minimum Gasteiger partial charge on any atom is -0.400 e. The molecule has 0 bridgehead atoms. The lowest BCUT2D eigenvalue weighted by atomic mass is 10.0. The van der Waals surface area contributed by atoms with Crippen molar-refractivity contribution in [3.8, 4) is 0 Å². The molecular formula is C14H24NO3P. The second kappa shape index (κ2) is 12.1. The molecule has 19 heavy (non-hydrogen) atoms. The molecular weight excluding hydrogens is 261 g/mol. The molecule has 5 heteroatoms. The van der Waals surface area contributed by atoms with Gasteiger partial charge in [-0.2, -0.15) is 0 Å². The number of carbonyl (C=O) groups is 1. The summed E-state index contributed by atoms with van der Waals surface area (Å²) in [6.45, 7) is 4.60. The Kier molecular flexibility index (Phi) is 11.5. The summed E-state index contributed by atoms with van der Waals surface area (Å²) in [6.07, 6.45) is 1.40. The van der Waals surface area contributed by atoms with Crippen LogP contribution in [0.1, 0.15) is 19.4 Å². The first-order valence-corrected chi connectivity index (χ1v) is 7.46. The Morgan fingerprint density at radius 3 is 2.58 bits per heavy atom. The van der Waals surface area contributed by atoms with E-state index in [0.29, 0.717) is 21.7 Å². The highest BCUT2D eigenvalue weighted by Crippen LogP contribution is 2.11. The highest BCUT2D eigenvalue weighted by atomic mass is 31.1. The van der Waals surface area contributed by atoms with E-state index in [0.717, 1.165) is 13.5 Å². The summed E-state index contributed by atoms with van der Waals surface area (Å²) in [5.74, 6) is 0.102. The van der Waals surface area contributed by atoms with E-state index >= 15 is 0 Å². The van der Waals surface area contributed by atoms with Crippen molar-refractivity contribution in [2.45, 2.75) is 20.3 Å². The van der Waals surface area contributed by atoms with Gasteiger partial charge in [0.25, 0.3) is 0 Å². The largest absolute Gasteiger partial charge is 0.400 e. The number of rotatable bonds is 7. The number of nitrogens with one attached hydrogen (secondary N) is 1. The molecule has 1 amide bonds. The first-order chi connectivity index (χ1) is 9.24. The van der Waals surface area contributed by atoms with E-state index < -0.39 is 0 Å². The molecule has 0 fully saturated rings. The summed E-state index contributed by atoms with van der Waals surface area (Å²) in [5.41, 5.74) is 1.20. The van der Waals surface area contributed by atoms with Crippen LogP contribution in [0.15, 0.2) is 30.3 Å². The number of hydrogen-bond donors (Lipinski definition) is 2. The quantitative estimate of drug-likeness (QED) is 0.596. The minimum absolute atomic E-state index is 0.00354. The molecule has 0 saturated carbocycles. The van der Waals surface area contributed by atoms with Crippen molar-refractivity contribution in [3.63, 3.8) is 0 Å². The zero-order chi connectivity index (χ0) is 14.5. The molecule has 4 nitrogen and oxygen atoms in total. The summed E-state index contributed by atoms with van der Waals surface area (Å²) in [4.78, 5) is 11.7. The summed E-state index contributed by atoms with van der Waals surface area (Å²) in [5, 5.41) is 9.89. The van der Waals surface area contributed by atoms with Crippen molar-refractivity contribution in [3.05, 3.63) is 35.9 Å². The molecule has 0 spiro atoms. The van der Waals surface area contributed by atoms with Crippen molar-refractivity contribution in [2.75, 3.05) is 20.0 Å². The van der Waals surface area contributed by atoms with Gasteiger partial charge in [0.2, 0.25) is 5.91 Å². The van der Waals surface area contributed by atoms with Crippen molar-refractivity contribution >= 4 is 14.7 Å². The Morgan fingerprint density at radius 1 is 1.37 bits per heavy atom. The van der Waals surface area contributed by atoms with Crippen molar-refractivity contribution in [2.24, 2.45) is 5.92 Å². The smallest absolute Gasteiger partial charge is 0.223 e. The normalized spacial score (nSPS) is 11.8. The Hall–Kier alpha value is -0.960. The Labute approximate surface area is 117 Å². The van der Waals surface area contributed by atoms with E-state index in [1.165, 1.54) is 5.56 Å². The summed E-state index contributed by atoms with van der Waals surface area (Å²) in [7, 11) is 1.35. The lowest BCUT2D eigenvalue weighted by Gasteiger charge is -2.12. The fourth-order valence-electron chi connectivity index (χ4n) is 1.51. The van der Waals surface area contributed by atoms with E-state index in [1.807, 2.05) is 44.2 Å². The molecule has 0 saturated heterocycles. The van der Waals surface area contributed by atoms with Gasteiger partial charge in [0.05, 0.1) is 6.29 Å². The molecule has 0 radical (unpaired) electrons.